The Morgan fingerprint density at radius 3 is 2.70 bits per heavy atom. The van der Waals surface area contributed by atoms with Crippen LogP contribution in [-0.4, -0.2) is 53.6 Å². The molecule has 3 unspecified atom stereocenters. The molecule has 2 aliphatic rings. The molecule has 1 aliphatic heterocycles. The van der Waals surface area contributed by atoms with Gasteiger partial charge in [-0.05, 0) is 43.4 Å². The standard InChI is InChI=1S/C15H26N2O3/c1-11-8-13(11)10-16(2)15(20)17-7-3-4-12(9-17)5-6-14(18)19/h11-13H,3-10H2,1-2H3,(H,18,19). The molecule has 0 aromatic heterocycles. The molecule has 2 amide bonds. The van der Waals surface area contributed by atoms with Crippen molar-refractivity contribution in [3.05, 3.63) is 0 Å². The highest BCUT2D eigenvalue weighted by molar-refractivity contribution is 5.74. The maximum absolute atomic E-state index is 12.4. The van der Waals surface area contributed by atoms with E-state index in [1.807, 2.05) is 16.8 Å². The van der Waals surface area contributed by atoms with Crippen LogP contribution in [0, 0.1) is 17.8 Å². The number of carbonyl (C=O) groups is 2. The van der Waals surface area contributed by atoms with Gasteiger partial charge in [-0.2, -0.15) is 0 Å². The molecule has 20 heavy (non-hydrogen) atoms. The van der Waals surface area contributed by atoms with E-state index in [-0.39, 0.29) is 12.5 Å². The first-order valence-corrected chi connectivity index (χ1v) is 7.69. The molecule has 1 saturated carbocycles. The molecule has 0 radical (unpaired) electrons. The Kier molecular flexibility index (Phi) is 4.89. The second-order valence-corrected chi connectivity index (χ2v) is 6.52. The molecule has 1 saturated heterocycles. The third-order valence-electron chi connectivity index (χ3n) is 4.67. The maximum Gasteiger partial charge on any atom is 0.319 e. The molecule has 2 fully saturated rings. The Bertz CT molecular complexity index is 372. The number of carboxylic acid groups (broad SMARTS) is 1. The second-order valence-electron chi connectivity index (χ2n) is 6.52. The summed E-state index contributed by atoms with van der Waals surface area (Å²) >= 11 is 0. The molecule has 5 heteroatoms. The lowest BCUT2D eigenvalue weighted by molar-refractivity contribution is -0.137. The van der Waals surface area contributed by atoms with Gasteiger partial charge in [-0.1, -0.05) is 6.92 Å². The molecule has 1 heterocycles. The van der Waals surface area contributed by atoms with Crippen LogP contribution < -0.4 is 0 Å². The molecule has 0 spiro atoms. The molecule has 0 bridgehead atoms. The molecule has 3 atom stereocenters. The van der Waals surface area contributed by atoms with Gasteiger partial charge in [-0.25, -0.2) is 4.79 Å². The number of urea groups is 1. The summed E-state index contributed by atoms with van der Waals surface area (Å²) < 4.78 is 0. The number of rotatable bonds is 5. The fourth-order valence-electron chi connectivity index (χ4n) is 3.13. The molecule has 0 aromatic rings. The predicted octanol–water partition coefficient (Wildman–Crippen LogP) is 2.27. The minimum absolute atomic E-state index is 0.115. The number of likely N-dealkylation sites (tertiary alicyclic amines) is 1. The number of hydrogen-bond acceptors (Lipinski definition) is 2. The molecule has 1 N–H and O–H groups in total. The fourth-order valence-corrected chi connectivity index (χ4v) is 3.13. The zero-order valence-electron chi connectivity index (χ0n) is 12.5. The van der Waals surface area contributed by atoms with E-state index in [2.05, 4.69) is 6.92 Å². The van der Waals surface area contributed by atoms with Gasteiger partial charge in [0.15, 0.2) is 0 Å². The predicted molar refractivity (Wildman–Crippen MR) is 76.5 cm³/mol. The van der Waals surface area contributed by atoms with Crippen LogP contribution in [0.1, 0.15) is 39.0 Å². The highest BCUT2D eigenvalue weighted by atomic mass is 16.4. The Labute approximate surface area is 120 Å². The number of aliphatic carboxylic acids is 1. The van der Waals surface area contributed by atoms with E-state index in [0.29, 0.717) is 18.3 Å². The summed E-state index contributed by atoms with van der Waals surface area (Å²) in [5.41, 5.74) is 0. The molecular formula is C15H26N2O3. The average Bonchev–Trinajstić information content (AvgIpc) is 3.11. The summed E-state index contributed by atoms with van der Waals surface area (Å²) in [5.74, 6) is 1.04. The molecule has 114 valence electrons. The molecular weight excluding hydrogens is 256 g/mol. The Hall–Kier alpha value is -1.26. The van der Waals surface area contributed by atoms with Crippen LogP contribution in [-0.2, 0) is 4.79 Å². The number of nitrogens with zero attached hydrogens (tertiary/aromatic N) is 2. The molecule has 2 rings (SSSR count). The topological polar surface area (TPSA) is 60.9 Å². The van der Waals surface area contributed by atoms with E-state index in [1.165, 1.54) is 6.42 Å². The highest BCUT2D eigenvalue weighted by Crippen LogP contribution is 2.38. The van der Waals surface area contributed by atoms with Gasteiger partial charge in [0, 0.05) is 33.1 Å². The Balaban J connectivity index is 1.78. The normalized spacial score (nSPS) is 29.1. The summed E-state index contributed by atoms with van der Waals surface area (Å²) in [6, 6.07) is 0.115. The van der Waals surface area contributed by atoms with Crippen LogP contribution in [0.25, 0.3) is 0 Å². The van der Waals surface area contributed by atoms with Crippen LogP contribution in [0.5, 0.6) is 0 Å². The van der Waals surface area contributed by atoms with Crippen LogP contribution in [0.4, 0.5) is 4.79 Å². The lowest BCUT2D eigenvalue weighted by Crippen LogP contribution is -2.46. The van der Waals surface area contributed by atoms with E-state index in [0.717, 1.165) is 38.4 Å². The SMILES string of the molecule is CC1CC1CN(C)C(=O)N1CCCC(CCC(=O)O)C1. The van der Waals surface area contributed by atoms with Crippen molar-refractivity contribution in [1.82, 2.24) is 9.80 Å². The van der Waals surface area contributed by atoms with Gasteiger partial charge in [-0.15, -0.1) is 0 Å². The zero-order chi connectivity index (χ0) is 14.7. The number of carbonyl (C=O) groups excluding carboxylic acids is 1. The lowest BCUT2D eigenvalue weighted by Gasteiger charge is -2.35. The van der Waals surface area contributed by atoms with Crippen molar-refractivity contribution in [3.63, 3.8) is 0 Å². The Morgan fingerprint density at radius 1 is 1.40 bits per heavy atom. The van der Waals surface area contributed by atoms with Crippen molar-refractivity contribution in [3.8, 4) is 0 Å². The first-order valence-electron chi connectivity index (χ1n) is 7.69. The highest BCUT2D eigenvalue weighted by Gasteiger charge is 2.35. The lowest BCUT2D eigenvalue weighted by atomic mass is 9.93. The third-order valence-corrected chi connectivity index (χ3v) is 4.67. The first-order chi connectivity index (χ1) is 9.47. The second kappa shape index (κ2) is 6.46. The number of hydrogen-bond donors (Lipinski definition) is 1. The number of carboxylic acids is 1. The minimum atomic E-state index is -0.742. The van der Waals surface area contributed by atoms with E-state index >= 15 is 0 Å². The summed E-state index contributed by atoms with van der Waals surface area (Å²) in [7, 11) is 1.88. The van der Waals surface area contributed by atoms with Crippen molar-refractivity contribution in [2.45, 2.75) is 39.0 Å². The van der Waals surface area contributed by atoms with Gasteiger partial charge >= 0.3 is 12.0 Å². The van der Waals surface area contributed by atoms with Gasteiger partial charge in [-0.3, -0.25) is 4.79 Å². The van der Waals surface area contributed by atoms with Crippen LogP contribution >= 0.6 is 0 Å². The van der Waals surface area contributed by atoms with E-state index in [1.54, 1.807) is 0 Å². The molecule has 5 nitrogen and oxygen atoms in total. The first kappa shape index (κ1) is 15.1. The smallest absolute Gasteiger partial charge is 0.319 e. The van der Waals surface area contributed by atoms with E-state index in [4.69, 9.17) is 5.11 Å². The monoisotopic (exact) mass is 282 g/mol. The van der Waals surface area contributed by atoms with Crippen molar-refractivity contribution in [2.75, 3.05) is 26.7 Å². The summed E-state index contributed by atoms with van der Waals surface area (Å²) in [5, 5.41) is 8.75. The summed E-state index contributed by atoms with van der Waals surface area (Å²) in [6.45, 7) is 4.62. The van der Waals surface area contributed by atoms with Gasteiger partial charge in [0.05, 0.1) is 0 Å². The summed E-state index contributed by atoms with van der Waals surface area (Å²) in [4.78, 5) is 26.8. The largest absolute Gasteiger partial charge is 0.481 e. The van der Waals surface area contributed by atoms with Crippen molar-refractivity contribution in [1.29, 1.82) is 0 Å². The van der Waals surface area contributed by atoms with Gasteiger partial charge in [0.1, 0.15) is 0 Å². The van der Waals surface area contributed by atoms with Gasteiger partial charge < -0.3 is 14.9 Å². The maximum atomic E-state index is 12.4. The average molecular weight is 282 g/mol. The van der Waals surface area contributed by atoms with Crippen molar-refractivity contribution < 1.29 is 14.7 Å². The third kappa shape index (κ3) is 4.12. The van der Waals surface area contributed by atoms with Crippen LogP contribution in [0.2, 0.25) is 0 Å². The van der Waals surface area contributed by atoms with Crippen molar-refractivity contribution in [2.24, 2.45) is 17.8 Å². The van der Waals surface area contributed by atoms with Crippen LogP contribution in [0.15, 0.2) is 0 Å². The van der Waals surface area contributed by atoms with E-state index in [9.17, 15) is 9.59 Å². The Morgan fingerprint density at radius 2 is 2.10 bits per heavy atom. The number of piperidine rings is 1. The number of amides is 2. The zero-order valence-corrected chi connectivity index (χ0v) is 12.5. The minimum Gasteiger partial charge on any atom is -0.481 e. The van der Waals surface area contributed by atoms with E-state index < -0.39 is 5.97 Å². The van der Waals surface area contributed by atoms with Gasteiger partial charge in [0.25, 0.3) is 0 Å². The molecule has 1 aliphatic carbocycles. The molecule has 0 aromatic carbocycles. The van der Waals surface area contributed by atoms with Gasteiger partial charge in [0.2, 0.25) is 0 Å². The van der Waals surface area contributed by atoms with Crippen LogP contribution in [0.3, 0.4) is 0 Å². The summed E-state index contributed by atoms with van der Waals surface area (Å²) in [6.07, 6.45) is 4.16. The quantitative estimate of drug-likeness (QED) is 0.841. The van der Waals surface area contributed by atoms with Crippen molar-refractivity contribution >= 4 is 12.0 Å². The fraction of sp³-hybridized carbons (Fsp3) is 0.867.